The van der Waals surface area contributed by atoms with Crippen LogP contribution in [0.25, 0.3) is 0 Å². The summed E-state index contributed by atoms with van der Waals surface area (Å²) in [5, 5.41) is 8.74. The third-order valence-electron chi connectivity index (χ3n) is 1.00. The molecule has 0 fully saturated rings. The Kier molecular flexibility index (Phi) is 2.48. The van der Waals surface area contributed by atoms with E-state index in [9.17, 15) is 0 Å². The first-order valence-electron chi connectivity index (χ1n) is 3.11. The normalized spacial score (nSPS) is 26.0. The van der Waals surface area contributed by atoms with Crippen molar-refractivity contribution in [3.05, 3.63) is 24.5 Å². The second-order valence-electron chi connectivity index (χ2n) is 1.95. The quantitative estimate of drug-likeness (QED) is 0.579. The highest BCUT2D eigenvalue weighted by atomic mass is 16.7. The van der Waals surface area contributed by atoms with Crippen molar-refractivity contribution in [3.63, 3.8) is 0 Å². The molecule has 0 aliphatic carbocycles. The van der Waals surface area contributed by atoms with Gasteiger partial charge in [-0.1, -0.05) is 6.08 Å². The Hall–Kier alpha value is -0.800. The molecule has 2 unspecified atom stereocenters. The van der Waals surface area contributed by atoms with Crippen molar-refractivity contribution in [2.24, 2.45) is 0 Å². The summed E-state index contributed by atoms with van der Waals surface area (Å²) in [6.07, 6.45) is 5.56. The average molecular weight is 142 g/mol. The molecule has 0 saturated heterocycles. The first-order chi connectivity index (χ1) is 4.79. The van der Waals surface area contributed by atoms with E-state index in [1.165, 1.54) is 13.2 Å². The van der Waals surface area contributed by atoms with Crippen molar-refractivity contribution in [2.45, 2.75) is 19.5 Å². The number of ether oxygens (including phenoxy) is 2. The minimum Gasteiger partial charge on any atom is -0.469 e. The molecular formula is C7H10O3. The van der Waals surface area contributed by atoms with Gasteiger partial charge in [-0.2, -0.15) is 0 Å². The van der Waals surface area contributed by atoms with Crippen LogP contribution in [0.1, 0.15) is 6.92 Å². The van der Waals surface area contributed by atoms with Crippen LogP contribution in [0.5, 0.6) is 0 Å². The van der Waals surface area contributed by atoms with E-state index in [4.69, 9.17) is 14.6 Å². The van der Waals surface area contributed by atoms with E-state index >= 15 is 0 Å². The zero-order valence-electron chi connectivity index (χ0n) is 5.73. The van der Waals surface area contributed by atoms with Gasteiger partial charge in [0.15, 0.2) is 6.29 Å². The molecule has 0 radical (unpaired) electrons. The number of allylic oxidation sites excluding steroid dienone is 2. The molecule has 3 nitrogen and oxygen atoms in total. The van der Waals surface area contributed by atoms with Crippen molar-refractivity contribution in [1.82, 2.24) is 0 Å². The van der Waals surface area contributed by atoms with Crippen molar-refractivity contribution in [2.75, 3.05) is 0 Å². The lowest BCUT2D eigenvalue weighted by molar-refractivity contribution is -0.181. The molecule has 3 heteroatoms. The first-order valence-corrected chi connectivity index (χ1v) is 3.11. The van der Waals surface area contributed by atoms with Crippen molar-refractivity contribution in [3.8, 4) is 0 Å². The molecule has 0 aromatic heterocycles. The monoisotopic (exact) mass is 142 g/mol. The fourth-order valence-corrected chi connectivity index (χ4v) is 0.640. The van der Waals surface area contributed by atoms with Gasteiger partial charge >= 0.3 is 0 Å². The first kappa shape index (κ1) is 7.31. The Bertz CT molecular complexity index is 149. The van der Waals surface area contributed by atoms with Crippen LogP contribution in [-0.2, 0) is 9.47 Å². The Morgan fingerprint density at radius 2 is 2.40 bits per heavy atom. The molecule has 1 heterocycles. The molecule has 1 aliphatic heterocycles. The Labute approximate surface area is 59.6 Å². The molecule has 1 N–H and O–H groups in total. The molecule has 1 aliphatic rings. The van der Waals surface area contributed by atoms with Crippen LogP contribution in [0.4, 0.5) is 0 Å². The summed E-state index contributed by atoms with van der Waals surface area (Å²) in [5.41, 5.74) is 0. The molecule has 2 atom stereocenters. The molecule has 0 amide bonds. The largest absolute Gasteiger partial charge is 0.469 e. The third kappa shape index (κ3) is 2.21. The number of hydrogen-bond donors (Lipinski definition) is 1. The minimum atomic E-state index is -0.791. The van der Waals surface area contributed by atoms with Crippen molar-refractivity contribution < 1.29 is 14.6 Å². The molecule has 0 aromatic rings. The lowest BCUT2D eigenvalue weighted by atomic mass is 10.4. The van der Waals surface area contributed by atoms with Gasteiger partial charge in [0.05, 0.1) is 6.26 Å². The molecule has 1 rings (SSSR count). The lowest BCUT2D eigenvalue weighted by Gasteiger charge is -2.16. The summed E-state index contributed by atoms with van der Waals surface area (Å²) >= 11 is 0. The second kappa shape index (κ2) is 3.39. The molecular weight excluding hydrogens is 132 g/mol. The zero-order valence-corrected chi connectivity index (χ0v) is 5.73. The maximum atomic E-state index is 8.74. The number of rotatable bonds is 2. The van der Waals surface area contributed by atoms with E-state index in [1.54, 1.807) is 18.2 Å². The average Bonchev–Trinajstić information content (AvgIpc) is 1.88. The summed E-state index contributed by atoms with van der Waals surface area (Å²) in [7, 11) is 0. The van der Waals surface area contributed by atoms with E-state index in [-0.39, 0.29) is 0 Å². The highest BCUT2D eigenvalue weighted by molar-refractivity contribution is 5.05. The second-order valence-corrected chi connectivity index (χ2v) is 1.95. The smallest absolute Gasteiger partial charge is 0.221 e. The number of aliphatic hydroxyl groups is 1. The van der Waals surface area contributed by atoms with Crippen LogP contribution in [0.3, 0.4) is 0 Å². The van der Waals surface area contributed by atoms with Gasteiger partial charge in [0, 0.05) is 0 Å². The van der Waals surface area contributed by atoms with Gasteiger partial charge in [-0.3, -0.25) is 0 Å². The number of aliphatic hydroxyl groups excluding tert-OH is 1. The molecule has 0 bridgehead atoms. The van der Waals surface area contributed by atoms with Gasteiger partial charge < -0.3 is 14.6 Å². The lowest BCUT2D eigenvalue weighted by Crippen LogP contribution is -2.19. The van der Waals surface area contributed by atoms with Crippen LogP contribution in [0, 0.1) is 0 Å². The van der Waals surface area contributed by atoms with E-state index in [1.807, 2.05) is 0 Å². The van der Waals surface area contributed by atoms with Crippen LogP contribution >= 0.6 is 0 Å². The predicted octanol–water partition coefficient (Wildman–Crippen LogP) is 0.767. The SMILES string of the molecule is CC(O)OC1C=CC=CO1. The van der Waals surface area contributed by atoms with Crippen LogP contribution in [-0.4, -0.2) is 17.7 Å². The molecule has 0 saturated carbocycles. The standard InChI is InChI=1S/C7H10O3/c1-6(8)10-7-4-2-3-5-9-7/h2-8H,1H3. The van der Waals surface area contributed by atoms with E-state index in [0.29, 0.717) is 0 Å². The maximum absolute atomic E-state index is 8.74. The molecule has 0 aromatic carbocycles. The topological polar surface area (TPSA) is 38.7 Å². The molecule has 10 heavy (non-hydrogen) atoms. The Balaban J connectivity index is 2.30. The highest BCUT2D eigenvalue weighted by Crippen LogP contribution is 2.05. The summed E-state index contributed by atoms with van der Waals surface area (Å²) < 4.78 is 9.83. The van der Waals surface area contributed by atoms with Gasteiger partial charge in [-0.25, -0.2) is 0 Å². The summed E-state index contributed by atoms with van der Waals surface area (Å²) in [6.45, 7) is 1.54. The van der Waals surface area contributed by atoms with Gasteiger partial charge in [-0.15, -0.1) is 0 Å². The minimum absolute atomic E-state index is 0.440. The Morgan fingerprint density at radius 3 is 2.90 bits per heavy atom. The maximum Gasteiger partial charge on any atom is 0.221 e. The van der Waals surface area contributed by atoms with Crippen LogP contribution in [0.15, 0.2) is 24.5 Å². The van der Waals surface area contributed by atoms with Gasteiger partial charge in [0.25, 0.3) is 0 Å². The third-order valence-corrected chi connectivity index (χ3v) is 1.00. The zero-order chi connectivity index (χ0) is 7.40. The van der Waals surface area contributed by atoms with Gasteiger partial charge in [0.1, 0.15) is 0 Å². The predicted molar refractivity (Wildman–Crippen MR) is 35.9 cm³/mol. The fourth-order valence-electron chi connectivity index (χ4n) is 0.640. The summed E-state index contributed by atoms with van der Waals surface area (Å²) in [4.78, 5) is 0. The van der Waals surface area contributed by atoms with Gasteiger partial charge in [-0.05, 0) is 19.1 Å². The summed E-state index contributed by atoms with van der Waals surface area (Å²) in [5.74, 6) is 0. The summed E-state index contributed by atoms with van der Waals surface area (Å²) in [6, 6.07) is 0. The molecule has 0 spiro atoms. The Morgan fingerprint density at radius 1 is 1.60 bits per heavy atom. The highest BCUT2D eigenvalue weighted by Gasteiger charge is 2.07. The van der Waals surface area contributed by atoms with E-state index < -0.39 is 12.6 Å². The van der Waals surface area contributed by atoms with Crippen molar-refractivity contribution in [1.29, 1.82) is 0 Å². The van der Waals surface area contributed by atoms with Gasteiger partial charge in [0.2, 0.25) is 6.29 Å². The van der Waals surface area contributed by atoms with Crippen LogP contribution in [0.2, 0.25) is 0 Å². The molecule has 56 valence electrons. The number of hydrogen-bond acceptors (Lipinski definition) is 3. The fraction of sp³-hybridized carbons (Fsp3) is 0.429. The van der Waals surface area contributed by atoms with Crippen molar-refractivity contribution >= 4 is 0 Å². The van der Waals surface area contributed by atoms with Crippen LogP contribution < -0.4 is 0 Å². The van der Waals surface area contributed by atoms with E-state index in [2.05, 4.69) is 0 Å². The van der Waals surface area contributed by atoms with E-state index in [0.717, 1.165) is 0 Å².